The van der Waals surface area contributed by atoms with Crippen LogP contribution in [0.2, 0.25) is 0 Å². The van der Waals surface area contributed by atoms with Crippen LogP contribution in [0.15, 0.2) is 28.6 Å². The molecule has 0 radical (unpaired) electrons. The summed E-state index contributed by atoms with van der Waals surface area (Å²) < 4.78 is 5.08. The molecule has 0 saturated carbocycles. The monoisotopic (exact) mass is 209 g/mol. The van der Waals surface area contributed by atoms with E-state index in [-0.39, 0.29) is 0 Å². The summed E-state index contributed by atoms with van der Waals surface area (Å²) in [6.45, 7) is 1.64. The molecule has 0 saturated heterocycles. The maximum Gasteiger partial charge on any atom is 0.180 e. The third-order valence-corrected chi connectivity index (χ3v) is 2.62. The Labute approximate surface area is 86.0 Å². The fourth-order valence-electron chi connectivity index (χ4n) is 1.11. The van der Waals surface area contributed by atoms with Crippen LogP contribution in [0.1, 0.15) is 10.8 Å². The lowest BCUT2D eigenvalue weighted by atomic mass is 10.4. The van der Waals surface area contributed by atoms with Gasteiger partial charge in [-0.25, -0.2) is 9.97 Å². The first-order valence-electron chi connectivity index (χ1n) is 4.41. The molecule has 0 bridgehead atoms. The molecule has 0 aromatic carbocycles. The van der Waals surface area contributed by atoms with Crippen molar-refractivity contribution in [3.05, 3.63) is 34.9 Å². The minimum atomic E-state index is 0.728. The summed E-state index contributed by atoms with van der Waals surface area (Å²) in [6.07, 6.45) is 5.95. The van der Waals surface area contributed by atoms with Gasteiger partial charge in [0, 0.05) is 24.5 Å². The zero-order valence-electron chi connectivity index (χ0n) is 7.64. The molecule has 14 heavy (non-hydrogen) atoms. The van der Waals surface area contributed by atoms with Gasteiger partial charge in [0.15, 0.2) is 6.39 Å². The van der Waals surface area contributed by atoms with Gasteiger partial charge in [-0.15, -0.1) is 11.3 Å². The molecule has 0 fully saturated rings. The van der Waals surface area contributed by atoms with Crippen molar-refractivity contribution in [1.82, 2.24) is 15.3 Å². The standard InChI is InChI=1S/C9H11N3OS/c1(9-12-3-4-14-9)2-10-5-8-6-11-7-13-8/h3-4,6-7,10H,1-2,5H2. The topological polar surface area (TPSA) is 51.0 Å². The van der Waals surface area contributed by atoms with Crippen LogP contribution in [0.5, 0.6) is 0 Å². The third-order valence-electron chi connectivity index (χ3n) is 1.78. The summed E-state index contributed by atoms with van der Waals surface area (Å²) >= 11 is 1.68. The molecule has 5 heteroatoms. The van der Waals surface area contributed by atoms with E-state index in [0.29, 0.717) is 0 Å². The van der Waals surface area contributed by atoms with E-state index in [2.05, 4.69) is 15.3 Å². The number of hydrogen-bond acceptors (Lipinski definition) is 5. The van der Waals surface area contributed by atoms with Crippen molar-refractivity contribution in [1.29, 1.82) is 0 Å². The van der Waals surface area contributed by atoms with Gasteiger partial charge in [0.25, 0.3) is 0 Å². The van der Waals surface area contributed by atoms with Gasteiger partial charge in [-0.3, -0.25) is 0 Å². The Bertz CT molecular complexity index is 308. The van der Waals surface area contributed by atoms with Crippen molar-refractivity contribution in [2.24, 2.45) is 0 Å². The third kappa shape index (κ3) is 2.65. The van der Waals surface area contributed by atoms with Crippen molar-refractivity contribution >= 4 is 11.3 Å². The lowest BCUT2D eigenvalue weighted by Crippen LogP contribution is -2.16. The van der Waals surface area contributed by atoms with Gasteiger partial charge in [0.2, 0.25) is 0 Å². The molecule has 0 amide bonds. The summed E-state index contributed by atoms with van der Waals surface area (Å²) in [7, 11) is 0. The van der Waals surface area contributed by atoms with E-state index in [9.17, 15) is 0 Å². The van der Waals surface area contributed by atoms with E-state index in [1.165, 1.54) is 6.39 Å². The molecule has 0 aliphatic heterocycles. The van der Waals surface area contributed by atoms with Gasteiger partial charge in [0.1, 0.15) is 5.76 Å². The van der Waals surface area contributed by atoms with Crippen molar-refractivity contribution in [2.75, 3.05) is 6.54 Å². The molecule has 0 spiro atoms. The highest BCUT2D eigenvalue weighted by atomic mass is 32.1. The van der Waals surface area contributed by atoms with E-state index in [1.807, 2.05) is 11.6 Å². The largest absolute Gasteiger partial charge is 0.447 e. The number of aromatic nitrogens is 2. The predicted molar refractivity (Wildman–Crippen MR) is 54.0 cm³/mol. The van der Waals surface area contributed by atoms with E-state index >= 15 is 0 Å². The van der Waals surface area contributed by atoms with Gasteiger partial charge >= 0.3 is 0 Å². The summed E-state index contributed by atoms with van der Waals surface area (Å²) in [5.74, 6) is 0.865. The molecule has 0 aliphatic carbocycles. The average molecular weight is 209 g/mol. The Kier molecular flexibility index (Phi) is 3.26. The Hall–Kier alpha value is -1.20. The normalized spacial score (nSPS) is 10.6. The average Bonchev–Trinajstić information content (AvgIpc) is 2.86. The molecule has 2 aromatic rings. The molecule has 0 atom stereocenters. The Morgan fingerprint density at radius 1 is 1.50 bits per heavy atom. The zero-order chi connectivity index (χ0) is 9.64. The fraction of sp³-hybridized carbons (Fsp3) is 0.333. The molecule has 2 aromatic heterocycles. The SMILES string of the molecule is c1csc(CCNCc2cnco2)n1. The second-order valence-corrected chi connectivity index (χ2v) is 3.80. The van der Waals surface area contributed by atoms with E-state index < -0.39 is 0 Å². The van der Waals surface area contributed by atoms with Crippen molar-refractivity contribution in [2.45, 2.75) is 13.0 Å². The highest BCUT2D eigenvalue weighted by Gasteiger charge is 1.97. The molecule has 74 valence electrons. The minimum Gasteiger partial charge on any atom is -0.447 e. The number of nitrogens with one attached hydrogen (secondary N) is 1. The van der Waals surface area contributed by atoms with Gasteiger partial charge in [-0.05, 0) is 0 Å². The molecule has 4 nitrogen and oxygen atoms in total. The molecule has 0 unspecified atom stereocenters. The second kappa shape index (κ2) is 4.88. The number of oxazole rings is 1. The van der Waals surface area contributed by atoms with E-state index in [0.717, 1.165) is 30.3 Å². The smallest absolute Gasteiger partial charge is 0.180 e. The Morgan fingerprint density at radius 3 is 3.21 bits per heavy atom. The summed E-state index contributed by atoms with van der Waals surface area (Å²) in [4.78, 5) is 8.03. The molecular weight excluding hydrogens is 198 g/mol. The Morgan fingerprint density at radius 2 is 2.50 bits per heavy atom. The maximum atomic E-state index is 5.08. The molecule has 0 aliphatic rings. The Balaban J connectivity index is 1.65. The van der Waals surface area contributed by atoms with Crippen LogP contribution >= 0.6 is 11.3 Å². The lowest BCUT2D eigenvalue weighted by molar-refractivity contribution is 0.480. The predicted octanol–water partition coefficient (Wildman–Crippen LogP) is 1.46. The van der Waals surface area contributed by atoms with E-state index in [4.69, 9.17) is 4.42 Å². The first-order chi connectivity index (χ1) is 6.95. The highest BCUT2D eigenvalue weighted by molar-refractivity contribution is 7.09. The summed E-state index contributed by atoms with van der Waals surface area (Å²) in [5, 5.41) is 6.41. The molecule has 2 rings (SSSR count). The van der Waals surface area contributed by atoms with Crippen LogP contribution in [-0.2, 0) is 13.0 Å². The van der Waals surface area contributed by atoms with Crippen LogP contribution in [0, 0.1) is 0 Å². The number of rotatable bonds is 5. The van der Waals surface area contributed by atoms with Crippen LogP contribution in [-0.4, -0.2) is 16.5 Å². The second-order valence-electron chi connectivity index (χ2n) is 2.82. The van der Waals surface area contributed by atoms with Gasteiger partial charge < -0.3 is 9.73 Å². The summed E-state index contributed by atoms with van der Waals surface area (Å²) in [5.41, 5.74) is 0. The lowest BCUT2D eigenvalue weighted by Gasteiger charge is -1.99. The van der Waals surface area contributed by atoms with Crippen LogP contribution < -0.4 is 5.32 Å². The molecule has 1 N–H and O–H groups in total. The first kappa shape index (κ1) is 9.36. The van der Waals surface area contributed by atoms with E-state index in [1.54, 1.807) is 17.5 Å². The van der Waals surface area contributed by atoms with Crippen LogP contribution in [0.3, 0.4) is 0 Å². The van der Waals surface area contributed by atoms with Crippen molar-refractivity contribution in [3.63, 3.8) is 0 Å². The van der Waals surface area contributed by atoms with Crippen LogP contribution in [0.25, 0.3) is 0 Å². The van der Waals surface area contributed by atoms with Crippen molar-refractivity contribution in [3.8, 4) is 0 Å². The van der Waals surface area contributed by atoms with Crippen molar-refractivity contribution < 1.29 is 4.42 Å². The van der Waals surface area contributed by atoms with Gasteiger partial charge in [0.05, 0.1) is 17.7 Å². The van der Waals surface area contributed by atoms with Crippen LogP contribution in [0.4, 0.5) is 0 Å². The maximum absolute atomic E-state index is 5.08. The quantitative estimate of drug-likeness (QED) is 0.757. The number of hydrogen-bond donors (Lipinski definition) is 1. The molecular formula is C9H11N3OS. The summed E-state index contributed by atoms with van der Waals surface area (Å²) in [6, 6.07) is 0. The number of nitrogens with zero attached hydrogens (tertiary/aromatic N) is 2. The number of thiazole rings is 1. The van der Waals surface area contributed by atoms with Gasteiger partial charge in [-0.1, -0.05) is 0 Å². The minimum absolute atomic E-state index is 0.728. The fourth-order valence-corrected chi connectivity index (χ4v) is 1.73. The first-order valence-corrected chi connectivity index (χ1v) is 5.29. The highest BCUT2D eigenvalue weighted by Crippen LogP contribution is 2.03. The zero-order valence-corrected chi connectivity index (χ0v) is 8.46. The van der Waals surface area contributed by atoms with Gasteiger partial charge in [-0.2, -0.15) is 0 Å². The molecule has 2 heterocycles.